The summed E-state index contributed by atoms with van der Waals surface area (Å²) in [7, 11) is 0. The van der Waals surface area contributed by atoms with Crippen molar-refractivity contribution < 1.29 is 53.6 Å². The molecule has 11 heteroatoms. The van der Waals surface area contributed by atoms with Crippen LogP contribution in [0.4, 0.5) is 0 Å². The molecule has 0 saturated carbocycles. The maximum absolute atomic E-state index is 11.9. The molecule has 0 aromatic heterocycles. The Morgan fingerprint density at radius 1 is 1.06 bits per heavy atom. The predicted octanol–water partition coefficient (Wildman–Crippen LogP) is 1.35. The molecule has 1 fully saturated rings. The standard InChI is InChI=1S/C16H20O9.C4H6O2/c1-9(2)14(21)24-6-5-16(15(22)23,8-12(18)19)11-7-10(17)3-4-13(20)25-11;1-3(2)4(5)6/h11H,1,3-8H2,2H3,(H,18,19)(H,22,23);1H2,2H3,(H,5,6). The average Bonchev–Trinajstić information content (AvgIpc) is 2.81. The lowest BCUT2D eigenvalue weighted by Gasteiger charge is -2.34. The van der Waals surface area contributed by atoms with Crippen LogP contribution in [-0.2, 0) is 38.2 Å². The van der Waals surface area contributed by atoms with Crippen molar-refractivity contribution in [2.75, 3.05) is 6.61 Å². The molecule has 0 radical (unpaired) electrons. The van der Waals surface area contributed by atoms with Gasteiger partial charge in [0.25, 0.3) is 0 Å². The van der Waals surface area contributed by atoms with Gasteiger partial charge in [-0.25, -0.2) is 9.59 Å². The molecule has 2 atom stereocenters. The highest BCUT2D eigenvalue weighted by atomic mass is 16.5. The van der Waals surface area contributed by atoms with E-state index in [1.807, 2.05) is 0 Å². The van der Waals surface area contributed by atoms with Crippen LogP contribution in [0.5, 0.6) is 0 Å². The Hall–Kier alpha value is -3.50. The molecule has 2 unspecified atom stereocenters. The Kier molecular flexibility index (Phi) is 10.9. The highest BCUT2D eigenvalue weighted by molar-refractivity contribution is 5.89. The van der Waals surface area contributed by atoms with Crippen molar-refractivity contribution in [1.82, 2.24) is 0 Å². The number of carboxylic acid groups (broad SMARTS) is 3. The highest BCUT2D eigenvalue weighted by Gasteiger charge is 2.51. The van der Waals surface area contributed by atoms with E-state index in [4.69, 9.17) is 19.7 Å². The topological polar surface area (TPSA) is 182 Å². The van der Waals surface area contributed by atoms with E-state index in [1.165, 1.54) is 13.8 Å². The van der Waals surface area contributed by atoms with Crippen molar-refractivity contribution in [2.45, 2.75) is 52.1 Å². The van der Waals surface area contributed by atoms with E-state index in [9.17, 15) is 33.9 Å². The SMILES string of the molecule is C=C(C)C(=O)O.C=C(C)C(=O)OCCC(CC(=O)O)(C(=O)O)C1CC(=O)CCC(=O)O1. The van der Waals surface area contributed by atoms with Crippen LogP contribution in [0, 0.1) is 5.41 Å². The zero-order chi connectivity index (χ0) is 24.4. The molecular formula is C20H26O11. The first-order valence-electron chi connectivity index (χ1n) is 9.10. The lowest BCUT2D eigenvalue weighted by atomic mass is 9.74. The molecule has 3 N–H and O–H groups in total. The predicted molar refractivity (Wildman–Crippen MR) is 104 cm³/mol. The Labute approximate surface area is 178 Å². The largest absolute Gasteiger partial charge is 0.481 e. The summed E-state index contributed by atoms with van der Waals surface area (Å²) >= 11 is 0. The summed E-state index contributed by atoms with van der Waals surface area (Å²) in [5.41, 5.74) is -1.82. The monoisotopic (exact) mass is 442 g/mol. The number of aliphatic carboxylic acids is 3. The number of hydrogen-bond donors (Lipinski definition) is 3. The van der Waals surface area contributed by atoms with Gasteiger partial charge in [0, 0.05) is 30.4 Å². The van der Waals surface area contributed by atoms with Gasteiger partial charge < -0.3 is 24.8 Å². The van der Waals surface area contributed by atoms with Crippen molar-refractivity contribution in [2.24, 2.45) is 5.41 Å². The number of rotatable bonds is 9. The Bertz CT molecular complexity index is 750. The van der Waals surface area contributed by atoms with E-state index < -0.39 is 73.0 Å². The van der Waals surface area contributed by atoms with E-state index in [2.05, 4.69) is 13.2 Å². The van der Waals surface area contributed by atoms with Crippen molar-refractivity contribution in [1.29, 1.82) is 0 Å². The zero-order valence-corrected chi connectivity index (χ0v) is 17.3. The molecule has 1 rings (SSSR count). The molecule has 0 aliphatic carbocycles. The Morgan fingerprint density at radius 2 is 1.61 bits per heavy atom. The molecule has 0 amide bonds. The van der Waals surface area contributed by atoms with E-state index in [0.29, 0.717) is 0 Å². The first-order valence-corrected chi connectivity index (χ1v) is 9.10. The summed E-state index contributed by atoms with van der Waals surface area (Å²) in [6.07, 6.45) is -3.46. The number of Topliss-reactive ketones (excluding diaryl/α,β-unsaturated/α-hetero) is 1. The number of hydrogen-bond acceptors (Lipinski definition) is 8. The quantitative estimate of drug-likeness (QED) is 0.346. The molecule has 1 aliphatic rings. The second-order valence-electron chi connectivity index (χ2n) is 7.00. The maximum atomic E-state index is 11.9. The summed E-state index contributed by atoms with van der Waals surface area (Å²) in [4.78, 5) is 67.6. The zero-order valence-electron chi connectivity index (χ0n) is 17.3. The molecule has 1 saturated heterocycles. The van der Waals surface area contributed by atoms with E-state index in [1.54, 1.807) is 0 Å². The molecule has 0 aromatic carbocycles. The van der Waals surface area contributed by atoms with E-state index in [0.717, 1.165) is 0 Å². The van der Waals surface area contributed by atoms with Crippen molar-refractivity contribution in [3.8, 4) is 0 Å². The van der Waals surface area contributed by atoms with Gasteiger partial charge in [-0.2, -0.15) is 0 Å². The van der Waals surface area contributed by atoms with Crippen molar-refractivity contribution >= 4 is 35.6 Å². The van der Waals surface area contributed by atoms with Crippen LogP contribution in [-0.4, -0.2) is 63.7 Å². The number of carbonyl (C=O) groups is 6. The lowest BCUT2D eigenvalue weighted by molar-refractivity contribution is -0.176. The normalized spacial score (nSPS) is 17.5. The lowest BCUT2D eigenvalue weighted by Crippen LogP contribution is -2.47. The van der Waals surface area contributed by atoms with E-state index in [-0.39, 0.29) is 24.0 Å². The molecular weight excluding hydrogens is 416 g/mol. The fourth-order valence-electron chi connectivity index (χ4n) is 2.52. The fraction of sp³-hybridized carbons (Fsp3) is 0.500. The van der Waals surface area contributed by atoms with Crippen LogP contribution >= 0.6 is 0 Å². The minimum atomic E-state index is -2.09. The third-order valence-corrected chi connectivity index (χ3v) is 4.30. The van der Waals surface area contributed by atoms with Gasteiger partial charge in [-0.1, -0.05) is 13.2 Å². The molecule has 0 aromatic rings. The van der Waals surface area contributed by atoms with Crippen LogP contribution in [0.15, 0.2) is 24.3 Å². The van der Waals surface area contributed by atoms with Gasteiger partial charge in [0.15, 0.2) is 0 Å². The van der Waals surface area contributed by atoms with Gasteiger partial charge in [0.1, 0.15) is 17.3 Å². The summed E-state index contributed by atoms with van der Waals surface area (Å²) in [6.45, 7) is 8.95. The number of carbonyl (C=O) groups excluding carboxylic acids is 3. The first kappa shape index (κ1) is 27.5. The summed E-state index contributed by atoms with van der Waals surface area (Å²) in [6, 6.07) is 0. The van der Waals surface area contributed by atoms with Gasteiger partial charge in [0.2, 0.25) is 0 Å². The summed E-state index contributed by atoms with van der Waals surface area (Å²) in [5, 5.41) is 26.6. The number of carboxylic acids is 3. The third-order valence-electron chi connectivity index (χ3n) is 4.30. The van der Waals surface area contributed by atoms with Gasteiger partial charge in [-0.3, -0.25) is 19.2 Å². The van der Waals surface area contributed by atoms with Crippen molar-refractivity contribution in [3.63, 3.8) is 0 Å². The summed E-state index contributed by atoms with van der Waals surface area (Å²) in [5.74, 6) is -5.86. The van der Waals surface area contributed by atoms with Crippen LogP contribution < -0.4 is 0 Å². The summed E-state index contributed by atoms with van der Waals surface area (Å²) < 4.78 is 9.90. The first-order chi connectivity index (χ1) is 14.2. The molecule has 0 spiro atoms. The number of ether oxygens (including phenoxy) is 2. The average molecular weight is 442 g/mol. The maximum Gasteiger partial charge on any atom is 0.333 e. The van der Waals surface area contributed by atoms with Gasteiger partial charge in [-0.15, -0.1) is 0 Å². The highest BCUT2D eigenvalue weighted by Crippen LogP contribution is 2.37. The van der Waals surface area contributed by atoms with Crippen LogP contribution in [0.1, 0.15) is 46.0 Å². The Morgan fingerprint density at radius 3 is 2.03 bits per heavy atom. The smallest absolute Gasteiger partial charge is 0.333 e. The second kappa shape index (κ2) is 12.3. The van der Waals surface area contributed by atoms with Crippen LogP contribution in [0.3, 0.4) is 0 Å². The third kappa shape index (κ3) is 9.24. The van der Waals surface area contributed by atoms with E-state index >= 15 is 0 Å². The van der Waals surface area contributed by atoms with Gasteiger partial charge in [0.05, 0.1) is 19.4 Å². The molecule has 11 nitrogen and oxygen atoms in total. The minimum absolute atomic E-state index is 0.0928. The second-order valence-corrected chi connectivity index (χ2v) is 7.00. The molecule has 1 aliphatic heterocycles. The van der Waals surface area contributed by atoms with Crippen LogP contribution in [0.2, 0.25) is 0 Å². The Balaban J connectivity index is 0.00000131. The minimum Gasteiger partial charge on any atom is -0.481 e. The molecule has 172 valence electrons. The van der Waals surface area contributed by atoms with Gasteiger partial charge in [-0.05, 0) is 13.8 Å². The number of ketones is 1. The number of cyclic esters (lactones) is 1. The molecule has 0 bridgehead atoms. The van der Waals surface area contributed by atoms with Crippen molar-refractivity contribution in [3.05, 3.63) is 24.3 Å². The molecule has 1 heterocycles. The van der Waals surface area contributed by atoms with Crippen LogP contribution in [0.25, 0.3) is 0 Å². The number of esters is 2. The molecule has 31 heavy (non-hydrogen) atoms. The fourth-order valence-corrected chi connectivity index (χ4v) is 2.52. The van der Waals surface area contributed by atoms with Gasteiger partial charge >= 0.3 is 29.8 Å².